The molecule has 2 fully saturated rings. The monoisotopic (exact) mass is 432 g/mol. The van der Waals surface area contributed by atoms with Crippen LogP contribution in [0.1, 0.15) is 86.9 Å². The molecule has 1 aromatic carbocycles. The fourth-order valence-corrected chi connectivity index (χ4v) is 5.58. The zero-order valence-electron chi connectivity index (χ0n) is 20.0. The van der Waals surface area contributed by atoms with E-state index in [4.69, 9.17) is 9.98 Å². The topological polar surface area (TPSA) is 40.5 Å². The van der Waals surface area contributed by atoms with Crippen molar-refractivity contribution in [1.82, 2.24) is 9.88 Å². The van der Waals surface area contributed by atoms with Crippen molar-refractivity contribution in [1.29, 1.82) is 0 Å². The van der Waals surface area contributed by atoms with Crippen molar-refractivity contribution in [3.63, 3.8) is 0 Å². The van der Waals surface area contributed by atoms with E-state index in [1.54, 1.807) is 0 Å². The predicted octanol–water partition coefficient (Wildman–Crippen LogP) is 6.56. The molecule has 0 spiro atoms. The van der Waals surface area contributed by atoms with E-state index in [1.807, 2.05) is 13.2 Å². The van der Waals surface area contributed by atoms with E-state index in [9.17, 15) is 0 Å². The van der Waals surface area contributed by atoms with Gasteiger partial charge in [0.25, 0.3) is 0 Å². The molecule has 2 aliphatic rings. The van der Waals surface area contributed by atoms with Crippen LogP contribution in [-0.4, -0.2) is 41.8 Å². The number of benzene rings is 1. The molecule has 1 saturated carbocycles. The zero-order valence-corrected chi connectivity index (χ0v) is 20.0. The van der Waals surface area contributed by atoms with Crippen LogP contribution in [0.5, 0.6) is 0 Å². The Morgan fingerprint density at radius 3 is 2.59 bits per heavy atom. The molecule has 1 N–H and O–H groups in total. The fraction of sp³-hybridized carbons (Fsp3) is 0.571. The van der Waals surface area contributed by atoms with Crippen molar-refractivity contribution in [2.75, 3.05) is 25.5 Å². The number of likely N-dealkylation sites (tertiary alicyclic amines) is 1. The second kappa shape index (κ2) is 11.6. The van der Waals surface area contributed by atoms with Crippen LogP contribution < -0.4 is 5.32 Å². The van der Waals surface area contributed by atoms with E-state index in [0.29, 0.717) is 12.1 Å². The Morgan fingerprint density at radius 1 is 1.03 bits per heavy atom. The lowest BCUT2D eigenvalue weighted by atomic mass is 9.94. The van der Waals surface area contributed by atoms with Gasteiger partial charge in [0.1, 0.15) is 5.82 Å². The number of anilines is 1. The van der Waals surface area contributed by atoms with Crippen LogP contribution in [0.4, 0.5) is 5.82 Å². The molecule has 1 atom stereocenters. The van der Waals surface area contributed by atoms with Crippen molar-refractivity contribution in [3.05, 3.63) is 59.3 Å². The summed E-state index contributed by atoms with van der Waals surface area (Å²) in [4.78, 5) is 12.2. The molecule has 4 rings (SSSR count). The molecule has 1 aliphatic heterocycles. The third-order valence-electron chi connectivity index (χ3n) is 7.32. The first kappa shape index (κ1) is 23.0. The standard InChI is InChI=1S/C28H40N4/c1-22-18-19-30-28(31-24-14-7-4-8-15-24)27(22)25(29-2)16-11-21-32-20-10-9-17-26(32)23-12-5-3-6-13-23/h3,5-6,12-13,18-19,24,26H,4,7-11,14-17,20-21H2,1-2H3,(H,30,31). The van der Waals surface area contributed by atoms with Gasteiger partial charge in [-0.05, 0) is 75.7 Å². The number of piperidine rings is 1. The molecule has 0 radical (unpaired) electrons. The summed E-state index contributed by atoms with van der Waals surface area (Å²) in [6.07, 6.45) is 14.5. The summed E-state index contributed by atoms with van der Waals surface area (Å²) in [5.41, 5.74) is 5.18. The molecule has 2 heterocycles. The second-order valence-electron chi connectivity index (χ2n) is 9.56. The molecule has 32 heavy (non-hydrogen) atoms. The molecule has 0 bridgehead atoms. The number of hydrogen-bond acceptors (Lipinski definition) is 4. The van der Waals surface area contributed by atoms with Crippen molar-refractivity contribution in [3.8, 4) is 0 Å². The smallest absolute Gasteiger partial charge is 0.135 e. The average Bonchev–Trinajstić information content (AvgIpc) is 2.84. The van der Waals surface area contributed by atoms with Gasteiger partial charge >= 0.3 is 0 Å². The lowest BCUT2D eigenvalue weighted by molar-refractivity contribution is 0.148. The maximum atomic E-state index is 4.75. The van der Waals surface area contributed by atoms with Gasteiger partial charge in [0, 0.05) is 36.6 Å². The lowest BCUT2D eigenvalue weighted by Crippen LogP contribution is -2.34. The maximum absolute atomic E-state index is 4.75. The summed E-state index contributed by atoms with van der Waals surface area (Å²) in [5.74, 6) is 1.04. The number of nitrogens with zero attached hydrogens (tertiary/aromatic N) is 3. The third-order valence-corrected chi connectivity index (χ3v) is 7.32. The molecule has 1 aliphatic carbocycles. The van der Waals surface area contributed by atoms with Gasteiger partial charge in [0.2, 0.25) is 0 Å². The maximum Gasteiger partial charge on any atom is 0.135 e. The van der Waals surface area contributed by atoms with Gasteiger partial charge in [-0.1, -0.05) is 56.0 Å². The summed E-state index contributed by atoms with van der Waals surface area (Å²) in [5, 5.41) is 3.77. The van der Waals surface area contributed by atoms with Crippen LogP contribution in [0.25, 0.3) is 0 Å². The van der Waals surface area contributed by atoms with E-state index < -0.39 is 0 Å². The van der Waals surface area contributed by atoms with Gasteiger partial charge in [-0.3, -0.25) is 9.89 Å². The molecular formula is C28H40N4. The number of hydrogen-bond donors (Lipinski definition) is 1. The zero-order chi connectivity index (χ0) is 22.2. The minimum atomic E-state index is 0.551. The average molecular weight is 433 g/mol. The first-order chi connectivity index (χ1) is 15.8. The SMILES string of the molecule is CN=C(CCCN1CCCCC1c1ccccc1)c1c(C)ccnc1NC1CCCCC1. The Morgan fingerprint density at radius 2 is 1.81 bits per heavy atom. The van der Waals surface area contributed by atoms with Crippen LogP contribution in [0.2, 0.25) is 0 Å². The van der Waals surface area contributed by atoms with Crippen molar-refractivity contribution in [2.45, 2.75) is 83.2 Å². The quantitative estimate of drug-likeness (QED) is 0.480. The highest BCUT2D eigenvalue weighted by Crippen LogP contribution is 2.31. The highest BCUT2D eigenvalue weighted by molar-refractivity contribution is 6.05. The Labute approximate surface area is 194 Å². The normalized spacial score (nSPS) is 20.9. The van der Waals surface area contributed by atoms with Crippen LogP contribution >= 0.6 is 0 Å². The van der Waals surface area contributed by atoms with Crippen molar-refractivity contribution in [2.24, 2.45) is 4.99 Å². The molecule has 0 amide bonds. The summed E-state index contributed by atoms with van der Waals surface area (Å²) in [6.45, 7) is 4.53. The third kappa shape index (κ3) is 5.78. The van der Waals surface area contributed by atoms with E-state index in [-0.39, 0.29) is 0 Å². The Kier molecular flexibility index (Phi) is 8.33. The summed E-state index contributed by atoms with van der Waals surface area (Å²) >= 11 is 0. The molecule has 2 aromatic rings. The van der Waals surface area contributed by atoms with E-state index in [2.05, 4.69) is 53.5 Å². The highest BCUT2D eigenvalue weighted by Gasteiger charge is 2.24. The number of nitrogens with one attached hydrogen (secondary N) is 1. The largest absolute Gasteiger partial charge is 0.367 e. The van der Waals surface area contributed by atoms with Gasteiger partial charge in [-0.2, -0.15) is 0 Å². The summed E-state index contributed by atoms with van der Waals surface area (Å²) in [6, 6.07) is 14.3. The van der Waals surface area contributed by atoms with Crippen molar-refractivity contribution >= 4 is 11.5 Å². The van der Waals surface area contributed by atoms with Crippen molar-refractivity contribution < 1.29 is 0 Å². The summed E-state index contributed by atoms with van der Waals surface area (Å²) < 4.78 is 0. The first-order valence-electron chi connectivity index (χ1n) is 12.7. The molecular weight excluding hydrogens is 392 g/mol. The second-order valence-corrected chi connectivity index (χ2v) is 9.56. The number of aromatic nitrogens is 1. The Hall–Kier alpha value is -2.20. The fourth-order valence-electron chi connectivity index (χ4n) is 5.58. The molecule has 4 nitrogen and oxygen atoms in total. The van der Waals surface area contributed by atoms with E-state index in [0.717, 1.165) is 25.2 Å². The van der Waals surface area contributed by atoms with Gasteiger partial charge in [0.05, 0.1) is 0 Å². The van der Waals surface area contributed by atoms with Gasteiger partial charge < -0.3 is 5.32 Å². The van der Waals surface area contributed by atoms with Crippen LogP contribution in [0.15, 0.2) is 47.6 Å². The van der Waals surface area contributed by atoms with Crippen LogP contribution in [0, 0.1) is 6.92 Å². The number of rotatable bonds is 8. The first-order valence-corrected chi connectivity index (χ1v) is 12.7. The Balaban J connectivity index is 1.41. The van der Waals surface area contributed by atoms with E-state index >= 15 is 0 Å². The molecule has 1 aromatic heterocycles. The summed E-state index contributed by atoms with van der Waals surface area (Å²) in [7, 11) is 1.94. The van der Waals surface area contributed by atoms with Crippen LogP contribution in [0.3, 0.4) is 0 Å². The van der Waals surface area contributed by atoms with Gasteiger partial charge in [-0.25, -0.2) is 4.98 Å². The Bertz CT molecular complexity index is 870. The lowest BCUT2D eigenvalue weighted by Gasteiger charge is -2.36. The van der Waals surface area contributed by atoms with E-state index in [1.165, 1.54) is 80.3 Å². The molecule has 4 heteroatoms. The number of aliphatic imine (C=N–C) groups is 1. The number of pyridine rings is 1. The predicted molar refractivity (Wildman–Crippen MR) is 136 cm³/mol. The minimum Gasteiger partial charge on any atom is -0.367 e. The van der Waals surface area contributed by atoms with Crippen LogP contribution in [-0.2, 0) is 0 Å². The molecule has 172 valence electrons. The van der Waals surface area contributed by atoms with Gasteiger partial charge in [0.15, 0.2) is 0 Å². The molecule has 1 saturated heterocycles. The minimum absolute atomic E-state index is 0.551. The van der Waals surface area contributed by atoms with Gasteiger partial charge in [-0.15, -0.1) is 0 Å². The number of aryl methyl sites for hydroxylation is 1. The highest BCUT2D eigenvalue weighted by atomic mass is 15.2. The molecule has 1 unspecified atom stereocenters.